The molecule has 3 N–H and O–H groups in total. The summed E-state index contributed by atoms with van der Waals surface area (Å²) in [5.74, 6) is -0.396. The maximum Gasteiger partial charge on any atom is 0.245 e. The summed E-state index contributed by atoms with van der Waals surface area (Å²) >= 11 is 0. The highest BCUT2D eigenvalue weighted by atomic mass is 32.2. The highest BCUT2D eigenvalue weighted by molar-refractivity contribution is 7.90. The lowest BCUT2D eigenvalue weighted by atomic mass is 10.1. The van der Waals surface area contributed by atoms with Crippen LogP contribution in [0.3, 0.4) is 0 Å². The Morgan fingerprint density at radius 3 is 2.38 bits per heavy atom. The van der Waals surface area contributed by atoms with E-state index in [1.54, 1.807) is 36.4 Å². The predicted molar refractivity (Wildman–Crippen MR) is 81.6 cm³/mol. The molecule has 21 heavy (non-hydrogen) atoms. The molecule has 0 saturated heterocycles. The third-order valence-electron chi connectivity index (χ3n) is 2.97. The highest BCUT2D eigenvalue weighted by Crippen LogP contribution is 2.17. The average molecular weight is 304 g/mol. The van der Waals surface area contributed by atoms with Crippen molar-refractivity contribution in [2.75, 3.05) is 11.6 Å². The number of carbonyl (C=O) groups excluding carboxylic acids is 1. The SMILES string of the molecule is CS(=O)(=O)c1cccc(NC(=O)[C@@H](N)c2ccccc2)c1. The van der Waals surface area contributed by atoms with E-state index in [1.165, 1.54) is 12.1 Å². The first-order valence-electron chi connectivity index (χ1n) is 6.29. The van der Waals surface area contributed by atoms with Gasteiger partial charge in [-0.05, 0) is 23.8 Å². The Hall–Kier alpha value is -2.18. The van der Waals surface area contributed by atoms with Crippen LogP contribution in [0.1, 0.15) is 11.6 Å². The van der Waals surface area contributed by atoms with Crippen molar-refractivity contribution < 1.29 is 13.2 Å². The molecular formula is C15H16N2O3S. The molecule has 0 spiro atoms. The molecule has 6 heteroatoms. The van der Waals surface area contributed by atoms with Crippen molar-refractivity contribution in [3.8, 4) is 0 Å². The van der Waals surface area contributed by atoms with Gasteiger partial charge in [0.1, 0.15) is 6.04 Å². The molecule has 1 atom stereocenters. The normalized spacial score (nSPS) is 12.7. The summed E-state index contributed by atoms with van der Waals surface area (Å²) in [6, 6.07) is 14.2. The molecule has 0 heterocycles. The highest BCUT2D eigenvalue weighted by Gasteiger charge is 2.16. The molecule has 0 radical (unpaired) electrons. The number of nitrogens with one attached hydrogen (secondary N) is 1. The minimum atomic E-state index is -3.32. The second kappa shape index (κ2) is 6.07. The average Bonchev–Trinajstić information content (AvgIpc) is 2.47. The molecule has 110 valence electrons. The lowest BCUT2D eigenvalue weighted by Gasteiger charge is -2.13. The largest absolute Gasteiger partial charge is 0.324 e. The first kappa shape index (κ1) is 15.2. The van der Waals surface area contributed by atoms with Gasteiger partial charge in [-0.3, -0.25) is 4.79 Å². The first-order chi connectivity index (χ1) is 9.88. The van der Waals surface area contributed by atoms with Gasteiger partial charge in [-0.2, -0.15) is 0 Å². The first-order valence-corrected chi connectivity index (χ1v) is 8.18. The van der Waals surface area contributed by atoms with Crippen LogP contribution in [-0.4, -0.2) is 20.6 Å². The minimum Gasteiger partial charge on any atom is -0.324 e. The maximum absolute atomic E-state index is 12.1. The molecule has 0 unspecified atom stereocenters. The molecule has 2 rings (SSSR count). The fourth-order valence-electron chi connectivity index (χ4n) is 1.84. The van der Waals surface area contributed by atoms with Gasteiger partial charge >= 0.3 is 0 Å². The molecule has 1 amide bonds. The van der Waals surface area contributed by atoms with Crippen molar-refractivity contribution in [1.82, 2.24) is 0 Å². The quantitative estimate of drug-likeness (QED) is 0.900. The topological polar surface area (TPSA) is 89.3 Å². The number of sulfone groups is 1. The molecule has 2 aromatic carbocycles. The van der Waals surface area contributed by atoms with E-state index in [0.717, 1.165) is 6.26 Å². The second-order valence-electron chi connectivity index (χ2n) is 4.68. The van der Waals surface area contributed by atoms with Crippen molar-refractivity contribution in [2.45, 2.75) is 10.9 Å². The van der Waals surface area contributed by atoms with Gasteiger partial charge in [-0.15, -0.1) is 0 Å². The molecule has 0 aliphatic rings. The molecule has 0 aromatic heterocycles. The van der Waals surface area contributed by atoms with E-state index >= 15 is 0 Å². The van der Waals surface area contributed by atoms with Gasteiger partial charge < -0.3 is 11.1 Å². The van der Waals surface area contributed by atoms with Crippen LogP contribution in [0.2, 0.25) is 0 Å². The van der Waals surface area contributed by atoms with Crippen LogP contribution in [0, 0.1) is 0 Å². The third kappa shape index (κ3) is 3.90. The van der Waals surface area contributed by atoms with Crippen molar-refractivity contribution in [3.05, 3.63) is 60.2 Å². The molecule has 2 aromatic rings. The van der Waals surface area contributed by atoms with Crippen molar-refractivity contribution in [2.24, 2.45) is 5.73 Å². The smallest absolute Gasteiger partial charge is 0.245 e. The zero-order valence-corrected chi connectivity index (χ0v) is 12.3. The van der Waals surface area contributed by atoms with Gasteiger partial charge in [0.2, 0.25) is 5.91 Å². The van der Waals surface area contributed by atoms with E-state index in [0.29, 0.717) is 11.3 Å². The maximum atomic E-state index is 12.1. The van der Waals surface area contributed by atoms with Crippen molar-refractivity contribution in [3.63, 3.8) is 0 Å². The van der Waals surface area contributed by atoms with E-state index in [9.17, 15) is 13.2 Å². The minimum absolute atomic E-state index is 0.147. The zero-order chi connectivity index (χ0) is 15.5. The van der Waals surface area contributed by atoms with Crippen LogP contribution >= 0.6 is 0 Å². The summed E-state index contributed by atoms with van der Waals surface area (Å²) < 4.78 is 23.0. The van der Waals surface area contributed by atoms with Gasteiger partial charge in [0.05, 0.1) is 4.90 Å². The summed E-state index contributed by atoms with van der Waals surface area (Å²) in [6.45, 7) is 0. The van der Waals surface area contributed by atoms with Crippen LogP contribution < -0.4 is 11.1 Å². The summed E-state index contributed by atoms with van der Waals surface area (Å²) in [5, 5.41) is 2.62. The van der Waals surface area contributed by atoms with Crippen LogP contribution in [-0.2, 0) is 14.6 Å². The molecule has 0 saturated carbocycles. The van der Waals surface area contributed by atoms with Crippen LogP contribution in [0.5, 0.6) is 0 Å². The summed E-state index contributed by atoms with van der Waals surface area (Å²) in [7, 11) is -3.32. The molecule has 5 nitrogen and oxygen atoms in total. The van der Waals surface area contributed by atoms with Crippen LogP contribution in [0.25, 0.3) is 0 Å². The van der Waals surface area contributed by atoms with Crippen molar-refractivity contribution in [1.29, 1.82) is 0 Å². The third-order valence-corrected chi connectivity index (χ3v) is 4.08. The monoisotopic (exact) mass is 304 g/mol. The fourth-order valence-corrected chi connectivity index (χ4v) is 2.50. The number of anilines is 1. The number of carbonyl (C=O) groups is 1. The van der Waals surface area contributed by atoms with E-state index in [-0.39, 0.29) is 4.90 Å². The van der Waals surface area contributed by atoms with Gasteiger partial charge in [0, 0.05) is 11.9 Å². The molecule has 0 aliphatic carbocycles. The van der Waals surface area contributed by atoms with Gasteiger partial charge in [0.25, 0.3) is 0 Å². The number of hydrogen-bond acceptors (Lipinski definition) is 4. The Morgan fingerprint density at radius 2 is 1.76 bits per heavy atom. The Morgan fingerprint density at radius 1 is 1.10 bits per heavy atom. The number of hydrogen-bond donors (Lipinski definition) is 2. The van der Waals surface area contributed by atoms with E-state index in [2.05, 4.69) is 5.32 Å². The second-order valence-corrected chi connectivity index (χ2v) is 6.69. The van der Waals surface area contributed by atoms with E-state index in [1.807, 2.05) is 6.07 Å². The standard InChI is InChI=1S/C15H16N2O3S/c1-21(19,20)13-9-5-8-12(10-13)17-15(18)14(16)11-6-3-2-4-7-11/h2-10,14H,16H2,1H3,(H,17,18)/t14-/m0/s1. The molecular weight excluding hydrogens is 288 g/mol. The summed E-state index contributed by atoms with van der Waals surface area (Å²) in [4.78, 5) is 12.2. The lowest BCUT2D eigenvalue weighted by Crippen LogP contribution is -2.27. The van der Waals surface area contributed by atoms with E-state index < -0.39 is 21.8 Å². The molecule has 0 aliphatic heterocycles. The number of amides is 1. The molecule has 0 bridgehead atoms. The molecule has 0 fully saturated rings. The van der Waals surface area contributed by atoms with Gasteiger partial charge in [-0.1, -0.05) is 36.4 Å². The summed E-state index contributed by atoms with van der Waals surface area (Å²) in [5.41, 5.74) is 6.97. The summed E-state index contributed by atoms with van der Waals surface area (Å²) in [6.07, 6.45) is 1.11. The Kier molecular flexibility index (Phi) is 4.40. The van der Waals surface area contributed by atoms with Crippen LogP contribution in [0.15, 0.2) is 59.5 Å². The zero-order valence-electron chi connectivity index (χ0n) is 11.5. The van der Waals surface area contributed by atoms with Gasteiger partial charge in [-0.25, -0.2) is 8.42 Å². The van der Waals surface area contributed by atoms with E-state index in [4.69, 9.17) is 5.73 Å². The number of rotatable bonds is 4. The number of benzene rings is 2. The number of nitrogens with two attached hydrogens (primary N) is 1. The predicted octanol–water partition coefficient (Wildman–Crippen LogP) is 1.73. The fraction of sp³-hybridized carbons (Fsp3) is 0.133. The Labute approximate surface area is 123 Å². The Bertz CT molecular complexity index is 743. The van der Waals surface area contributed by atoms with Gasteiger partial charge in [0.15, 0.2) is 9.84 Å². The van der Waals surface area contributed by atoms with Crippen molar-refractivity contribution >= 4 is 21.4 Å². The van der Waals surface area contributed by atoms with Crippen LogP contribution in [0.4, 0.5) is 5.69 Å². The lowest BCUT2D eigenvalue weighted by molar-refractivity contribution is -0.117. The Balaban J connectivity index is 2.17.